The average Bonchev–Trinajstić information content (AvgIpc) is 3.03. The molecule has 2 aromatic heterocycles. The van der Waals surface area contributed by atoms with E-state index in [1.165, 1.54) is 10.6 Å². The lowest BCUT2D eigenvalue weighted by molar-refractivity contribution is 0.350. The Morgan fingerprint density at radius 1 is 1.32 bits per heavy atom. The first-order chi connectivity index (χ1) is 9.26. The number of thiophene rings is 1. The molecule has 0 saturated carbocycles. The highest BCUT2D eigenvalue weighted by molar-refractivity contribution is 7.12. The molecule has 4 heteroatoms. The van der Waals surface area contributed by atoms with Crippen LogP contribution >= 0.6 is 11.3 Å². The summed E-state index contributed by atoms with van der Waals surface area (Å²) in [4.78, 5) is 2.23. The summed E-state index contributed by atoms with van der Waals surface area (Å²) < 4.78 is 2.08. The Hall–Kier alpha value is -1.57. The van der Waals surface area contributed by atoms with E-state index in [1.807, 2.05) is 6.07 Å². The molecule has 19 heavy (non-hydrogen) atoms. The summed E-state index contributed by atoms with van der Waals surface area (Å²) in [6.45, 7) is 4.99. The molecule has 2 heterocycles. The van der Waals surface area contributed by atoms with Crippen molar-refractivity contribution >= 4 is 11.3 Å². The monoisotopic (exact) mass is 274 g/mol. The maximum absolute atomic E-state index is 8.68. The predicted molar refractivity (Wildman–Crippen MR) is 78.4 cm³/mol. The number of rotatable bonds is 4. The van der Waals surface area contributed by atoms with Crippen LogP contribution in [-0.4, -0.2) is 21.5 Å². The Kier molecular flexibility index (Phi) is 4.78. The highest BCUT2D eigenvalue weighted by atomic mass is 32.1. The van der Waals surface area contributed by atoms with Crippen LogP contribution in [0.3, 0.4) is 0 Å². The minimum Gasteiger partial charge on any atom is -0.384 e. The molecule has 0 unspecified atom stereocenters. The van der Waals surface area contributed by atoms with Crippen LogP contribution in [0.2, 0.25) is 0 Å². The van der Waals surface area contributed by atoms with E-state index in [2.05, 4.69) is 47.6 Å². The molecule has 0 spiro atoms. The smallest absolute Gasteiger partial charge is 0.104 e. The third kappa shape index (κ3) is 3.46. The second kappa shape index (κ2) is 6.55. The number of aromatic nitrogens is 2. The minimum atomic E-state index is -0.0910. The molecule has 0 saturated heterocycles. The molecule has 0 bridgehead atoms. The minimum absolute atomic E-state index is 0.0910. The molecule has 0 aromatic carbocycles. The van der Waals surface area contributed by atoms with E-state index in [0.29, 0.717) is 0 Å². The van der Waals surface area contributed by atoms with Crippen LogP contribution in [0.4, 0.5) is 0 Å². The Morgan fingerprint density at radius 2 is 2.16 bits per heavy atom. The Morgan fingerprint density at radius 3 is 2.84 bits per heavy atom. The van der Waals surface area contributed by atoms with Gasteiger partial charge in [-0.25, -0.2) is 0 Å². The molecule has 0 atom stereocenters. The van der Waals surface area contributed by atoms with Crippen LogP contribution in [0.5, 0.6) is 0 Å². The molecule has 3 nitrogen and oxygen atoms in total. The normalized spacial score (nSPS) is 10.3. The van der Waals surface area contributed by atoms with E-state index >= 15 is 0 Å². The highest BCUT2D eigenvalue weighted by Crippen LogP contribution is 2.18. The van der Waals surface area contributed by atoms with Crippen LogP contribution < -0.4 is 0 Å². The summed E-state index contributed by atoms with van der Waals surface area (Å²) in [5, 5.41) is 13.3. The quantitative estimate of drug-likeness (QED) is 0.870. The largest absolute Gasteiger partial charge is 0.384 e. The molecule has 0 amide bonds. The van der Waals surface area contributed by atoms with Crippen molar-refractivity contribution in [1.82, 2.24) is 9.78 Å². The zero-order valence-corrected chi connectivity index (χ0v) is 12.1. The summed E-state index contributed by atoms with van der Waals surface area (Å²) in [6, 6.07) is 6.26. The van der Waals surface area contributed by atoms with Crippen molar-refractivity contribution in [2.45, 2.75) is 33.2 Å². The highest BCUT2D eigenvalue weighted by Gasteiger charge is 2.07. The third-order valence-electron chi connectivity index (χ3n) is 2.90. The van der Waals surface area contributed by atoms with Gasteiger partial charge in [-0.15, -0.1) is 11.3 Å². The van der Waals surface area contributed by atoms with Gasteiger partial charge in [-0.1, -0.05) is 25.7 Å². The molecular weight excluding hydrogens is 256 g/mol. The van der Waals surface area contributed by atoms with Gasteiger partial charge in [0, 0.05) is 10.6 Å². The zero-order chi connectivity index (χ0) is 13.7. The lowest BCUT2D eigenvalue weighted by atomic mass is 10.2. The molecule has 0 radical (unpaired) electrons. The summed E-state index contributed by atoms with van der Waals surface area (Å²) in [5.41, 5.74) is 2.42. The van der Waals surface area contributed by atoms with E-state index < -0.39 is 0 Å². The van der Waals surface area contributed by atoms with E-state index in [-0.39, 0.29) is 6.61 Å². The van der Waals surface area contributed by atoms with E-state index in [1.54, 1.807) is 11.3 Å². The first-order valence-electron chi connectivity index (χ1n) is 6.50. The molecule has 1 N–H and O–H groups in total. The summed E-state index contributed by atoms with van der Waals surface area (Å²) in [5.74, 6) is 5.61. The second-order valence-corrected chi connectivity index (χ2v) is 5.39. The second-order valence-electron chi connectivity index (χ2n) is 4.22. The number of aliphatic hydroxyl groups is 1. The van der Waals surface area contributed by atoms with Crippen molar-refractivity contribution in [3.8, 4) is 11.8 Å². The Labute approximate surface area is 117 Å². The summed E-state index contributed by atoms with van der Waals surface area (Å²) >= 11 is 1.66. The van der Waals surface area contributed by atoms with Crippen molar-refractivity contribution in [3.63, 3.8) is 0 Å². The first-order valence-corrected chi connectivity index (χ1v) is 7.32. The van der Waals surface area contributed by atoms with Crippen molar-refractivity contribution in [2.75, 3.05) is 6.61 Å². The topological polar surface area (TPSA) is 38.0 Å². The maximum Gasteiger partial charge on any atom is 0.104 e. The third-order valence-corrected chi connectivity index (χ3v) is 3.88. The standard InChI is InChI=1S/C15H18N2OS/c1-3-12-10-13(4-2)17(16-12)11-15-8-7-14(19-15)6-5-9-18/h7-8,10,18H,3-4,9,11H2,1-2H3. The fourth-order valence-electron chi connectivity index (χ4n) is 1.91. The molecule has 0 aliphatic carbocycles. The van der Waals surface area contributed by atoms with Crippen LogP contribution in [0, 0.1) is 11.8 Å². The molecule has 0 aliphatic heterocycles. The lowest BCUT2D eigenvalue weighted by Gasteiger charge is -2.03. The van der Waals surface area contributed by atoms with Gasteiger partial charge < -0.3 is 5.11 Å². The molecular formula is C15H18N2OS. The van der Waals surface area contributed by atoms with Gasteiger partial charge in [-0.3, -0.25) is 4.68 Å². The van der Waals surface area contributed by atoms with Gasteiger partial charge in [0.1, 0.15) is 6.61 Å². The summed E-state index contributed by atoms with van der Waals surface area (Å²) in [6.07, 6.45) is 1.97. The molecule has 100 valence electrons. The molecule has 0 fully saturated rings. The van der Waals surface area contributed by atoms with Gasteiger partial charge >= 0.3 is 0 Å². The molecule has 0 aliphatic rings. The van der Waals surface area contributed by atoms with Gasteiger partial charge in [-0.05, 0) is 31.0 Å². The summed E-state index contributed by atoms with van der Waals surface area (Å²) in [7, 11) is 0. The van der Waals surface area contributed by atoms with Crippen LogP contribution in [-0.2, 0) is 19.4 Å². The van der Waals surface area contributed by atoms with Crippen molar-refractivity contribution < 1.29 is 5.11 Å². The number of hydrogen-bond acceptors (Lipinski definition) is 3. The fraction of sp³-hybridized carbons (Fsp3) is 0.400. The van der Waals surface area contributed by atoms with Crippen LogP contribution in [0.15, 0.2) is 18.2 Å². The Balaban J connectivity index is 2.16. The van der Waals surface area contributed by atoms with E-state index in [9.17, 15) is 0 Å². The van der Waals surface area contributed by atoms with Gasteiger partial charge in [-0.2, -0.15) is 5.10 Å². The molecule has 2 rings (SSSR count). The number of aryl methyl sites for hydroxylation is 2. The first kappa shape index (κ1) is 13.9. The predicted octanol–water partition coefficient (Wildman–Crippen LogP) is 2.46. The van der Waals surface area contributed by atoms with Crippen LogP contribution in [0.25, 0.3) is 0 Å². The van der Waals surface area contributed by atoms with Gasteiger partial charge in [0.15, 0.2) is 0 Å². The lowest BCUT2D eigenvalue weighted by Crippen LogP contribution is -2.04. The average molecular weight is 274 g/mol. The molecule has 2 aromatic rings. The number of hydrogen-bond donors (Lipinski definition) is 1. The van der Waals surface area contributed by atoms with Crippen molar-refractivity contribution in [1.29, 1.82) is 0 Å². The van der Waals surface area contributed by atoms with E-state index in [0.717, 1.165) is 30.0 Å². The van der Waals surface area contributed by atoms with Crippen molar-refractivity contribution in [3.05, 3.63) is 39.3 Å². The zero-order valence-electron chi connectivity index (χ0n) is 11.3. The van der Waals surface area contributed by atoms with Gasteiger partial charge in [0.2, 0.25) is 0 Å². The maximum atomic E-state index is 8.68. The number of aliphatic hydroxyl groups excluding tert-OH is 1. The SMILES string of the molecule is CCc1cc(CC)n(Cc2ccc(C#CCO)s2)n1. The van der Waals surface area contributed by atoms with Crippen LogP contribution in [0.1, 0.15) is 35.0 Å². The van der Waals surface area contributed by atoms with Gasteiger partial charge in [0.25, 0.3) is 0 Å². The van der Waals surface area contributed by atoms with E-state index in [4.69, 9.17) is 5.11 Å². The number of nitrogens with zero attached hydrogens (tertiary/aromatic N) is 2. The fourth-order valence-corrected chi connectivity index (χ4v) is 2.78. The Bertz CT molecular complexity index is 601. The van der Waals surface area contributed by atoms with Crippen molar-refractivity contribution in [2.24, 2.45) is 0 Å². The van der Waals surface area contributed by atoms with Gasteiger partial charge in [0.05, 0.1) is 17.1 Å².